The Kier molecular flexibility index (Phi) is 6.52. The van der Waals surface area contributed by atoms with E-state index < -0.39 is 14.0 Å². The average molecular weight is 538 g/mol. The van der Waals surface area contributed by atoms with Crippen molar-refractivity contribution in [2.45, 2.75) is 37.3 Å². The van der Waals surface area contributed by atoms with Crippen LogP contribution in [0.5, 0.6) is 0 Å². The summed E-state index contributed by atoms with van der Waals surface area (Å²) in [4.78, 5) is 3.27. The van der Waals surface area contributed by atoms with Gasteiger partial charge in [-0.1, -0.05) is 12.8 Å². The SMILES string of the molecule is [C-]#[N+]CCOP(C)OC1C2[CH-]OC1(CC)C1OCOC21.[U]. The summed E-state index contributed by atoms with van der Waals surface area (Å²) in [7, 11) is -1.03. The van der Waals surface area contributed by atoms with Gasteiger partial charge in [0.05, 0.1) is 17.8 Å². The maximum Gasteiger partial charge on any atom is 0.238 e. The molecular formula is C13H19NO5PU-. The van der Waals surface area contributed by atoms with Crippen LogP contribution in [-0.4, -0.2) is 50.5 Å². The van der Waals surface area contributed by atoms with E-state index >= 15 is 0 Å². The van der Waals surface area contributed by atoms with Gasteiger partial charge in [-0.15, -0.1) is 0 Å². The zero-order chi connectivity index (χ0) is 14.2. The summed E-state index contributed by atoms with van der Waals surface area (Å²) in [6.07, 6.45) is 0.687. The third-order valence-corrected chi connectivity index (χ3v) is 5.30. The van der Waals surface area contributed by atoms with Gasteiger partial charge in [-0.25, -0.2) is 13.2 Å². The second-order valence-corrected chi connectivity index (χ2v) is 6.51. The van der Waals surface area contributed by atoms with E-state index in [0.717, 1.165) is 6.42 Å². The van der Waals surface area contributed by atoms with Crippen LogP contribution in [0.3, 0.4) is 0 Å². The van der Waals surface area contributed by atoms with Crippen LogP contribution in [-0.2, 0) is 23.3 Å². The van der Waals surface area contributed by atoms with Crippen LogP contribution >= 0.6 is 8.38 Å². The summed E-state index contributed by atoms with van der Waals surface area (Å²) in [6.45, 7) is 13.7. The minimum atomic E-state index is -1.03. The van der Waals surface area contributed by atoms with Gasteiger partial charge in [0.15, 0.2) is 8.38 Å². The van der Waals surface area contributed by atoms with Gasteiger partial charge in [0.25, 0.3) is 0 Å². The summed E-state index contributed by atoms with van der Waals surface area (Å²) in [5.74, 6) is 0.0943. The van der Waals surface area contributed by atoms with Gasteiger partial charge in [0.2, 0.25) is 6.54 Å². The van der Waals surface area contributed by atoms with Crippen LogP contribution in [0.15, 0.2) is 0 Å². The molecule has 0 aromatic carbocycles. The van der Waals surface area contributed by atoms with Gasteiger partial charge in [0.1, 0.15) is 19.5 Å². The third-order valence-electron chi connectivity index (χ3n) is 4.23. The summed E-state index contributed by atoms with van der Waals surface area (Å²) in [5.41, 5.74) is -0.453. The zero-order valence-electron chi connectivity index (χ0n) is 12.2. The Bertz CT molecular complexity index is 409. The monoisotopic (exact) mass is 538 g/mol. The summed E-state index contributed by atoms with van der Waals surface area (Å²) in [6, 6.07) is 0. The van der Waals surface area contributed by atoms with E-state index in [1.165, 1.54) is 0 Å². The van der Waals surface area contributed by atoms with Crippen LogP contribution in [0.4, 0.5) is 0 Å². The predicted octanol–water partition coefficient (Wildman–Crippen LogP) is 1.96. The molecule has 116 valence electrons. The smallest absolute Gasteiger partial charge is 0.238 e. The Labute approximate surface area is 150 Å². The Morgan fingerprint density at radius 1 is 1.48 bits per heavy atom. The Morgan fingerprint density at radius 2 is 2.29 bits per heavy atom. The fraction of sp³-hybridized carbons (Fsp3) is 0.846. The molecule has 3 fully saturated rings. The normalized spacial score (nSPS) is 41.4. The minimum Gasteiger partial charge on any atom is -0.543 e. The van der Waals surface area contributed by atoms with Crippen molar-refractivity contribution in [3.05, 3.63) is 18.0 Å². The molecule has 2 bridgehead atoms. The molecule has 0 radical (unpaired) electrons. The Balaban J connectivity index is 0.00000161. The quantitative estimate of drug-likeness (QED) is 0.294. The largest absolute Gasteiger partial charge is 0.543 e. The zero-order valence-corrected chi connectivity index (χ0v) is 17.2. The molecule has 1 saturated carbocycles. The molecule has 0 aromatic rings. The number of nitrogens with zero attached hydrogens (tertiary/aromatic N) is 1. The first-order chi connectivity index (χ1) is 9.73. The summed E-state index contributed by atoms with van der Waals surface area (Å²) >= 11 is 0. The van der Waals surface area contributed by atoms with Gasteiger partial charge in [0, 0.05) is 37.8 Å². The van der Waals surface area contributed by atoms with Crippen molar-refractivity contribution in [1.29, 1.82) is 0 Å². The van der Waals surface area contributed by atoms with Crippen molar-refractivity contribution in [1.82, 2.24) is 0 Å². The van der Waals surface area contributed by atoms with Crippen molar-refractivity contribution in [2.24, 2.45) is 5.92 Å². The number of ether oxygens (including phenoxy) is 3. The van der Waals surface area contributed by atoms with Crippen molar-refractivity contribution < 1.29 is 54.4 Å². The Morgan fingerprint density at radius 3 is 3.00 bits per heavy atom. The van der Waals surface area contributed by atoms with Gasteiger partial charge >= 0.3 is 0 Å². The molecule has 2 saturated heterocycles. The number of rotatable bonds is 6. The minimum absolute atomic E-state index is 0. The van der Waals surface area contributed by atoms with Crippen LogP contribution in [0.2, 0.25) is 0 Å². The van der Waals surface area contributed by atoms with Gasteiger partial charge in [-0.2, -0.15) is 0 Å². The van der Waals surface area contributed by atoms with E-state index in [0.29, 0.717) is 19.9 Å². The van der Waals surface area contributed by atoms with Gasteiger partial charge < -0.3 is 28.1 Å². The van der Waals surface area contributed by atoms with Crippen molar-refractivity contribution in [3.63, 3.8) is 0 Å². The first-order valence-electron chi connectivity index (χ1n) is 6.84. The van der Waals surface area contributed by atoms with E-state index in [1.807, 2.05) is 13.3 Å². The van der Waals surface area contributed by atoms with E-state index in [1.54, 1.807) is 0 Å². The van der Waals surface area contributed by atoms with E-state index in [-0.39, 0.29) is 55.3 Å². The molecule has 0 spiro atoms. The van der Waals surface area contributed by atoms with Crippen LogP contribution in [0, 0.1) is 50.2 Å². The van der Waals surface area contributed by atoms with Gasteiger partial charge in [-0.3, -0.25) is 0 Å². The molecule has 1 aliphatic carbocycles. The second kappa shape index (κ2) is 7.56. The predicted molar refractivity (Wildman–Crippen MR) is 71.6 cm³/mol. The molecule has 3 aliphatic rings. The fourth-order valence-corrected chi connectivity index (χ4v) is 4.34. The first-order valence-corrected chi connectivity index (χ1v) is 8.46. The first kappa shape index (κ1) is 18.1. The maximum atomic E-state index is 6.74. The molecule has 3 rings (SSSR count). The molecule has 6 nitrogen and oxygen atoms in total. The van der Waals surface area contributed by atoms with Gasteiger partial charge in [-0.05, 0) is 6.42 Å². The summed E-state index contributed by atoms with van der Waals surface area (Å²) < 4.78 is 28.9. The second-order valence-electron chi connectivity index (χ2n) is 5.16. The van der Waals surface area contributed by atoms with E-state index in [4.69, 9.17) is 29.8 Å². The maximum absolute atomic E-state index is 6.74. The number of fused-ring (bicyclic) bond motifs is 5. The molecule has 6 unspecified atom stereocenters. The van der Waals surface area contributed by atoms with E-state index in [2.05, 4.69) is 11.8 Å². The molecule has 6 atom stereocenters. The molecule has 0 aromatic heterocycles. The molecule has 0 amide bonds. The molecule has 8 heteroatoms. The average Bonchev–Trinajstić information content (AvgIpc) is 3.10. The topological polar surface area (TPSA) is 50.5 Å². The molecule has 2 heterocycles. The number of hydrogen-bond acceptors (Lipinski definition) is 5. The van der Waals surface area contributed by atoms with Crippen LogP contribution in [0.25, 0.3) is 4.85 Å². The fourth-order valence-electron chi connectivity index (χ4n) is 3.30. The summed E-state index contributed by atoms with van der Waals surface area (Å²) in [5, 5.41) is 0. The molecular weight excluding hydrogens is 519 g/mol. The van der Waals surface area contributed by atoms with Crippen LogP contribution in [0.1, 0.15) is 13.3 Å². The van der Waals surface area contributed by atoms with Crippen molar-refractivity contribution in [3.8, 4) is 0 Å². The van der Waals surface area contributed by atoms with E-state index in [9.17, 15) is 0 Å². The molecule has 2 aliphatic heterocycles. The molecule has 0 N–H and O–H groups in total. The van der Waals surface area contributed by atoms with Crippen LogP contribution < -0.4 is 0 Å². The third kappa shape index (κ3) is 3.08. The molecule has 21 heavy (non-hydrogen) atoms. The number of hydrogen-bond donors (Lipinski definition) is 0. The van der Waals surface area contributed by atoms with Crippen molar-refractivity contribution in [2.75, 3.05) is 26.6 Å². The van der Waals surface area contributed by atoms with Crippen molar-refractivity contribution >= 4 is 8.38 Å². The standard InChI is InChI=1S/C13H19NO5P.U/c1-4-13-11(19-20(3)18-6-5-14-2)9(7-17-13)10-12(13)16-8-15-10;/h7,9-12H,4-6,8H2,1,3H3;/q-1;. The Hall–Kier alpha value is 0.772.